The van der Waals surface area contributed by atoms with Crippen LogP contribution >= 0.6 is 0 Å². The number of esters is 1. The highest BCUT2D eigenvalue weighted by Crippen LogP contribution is 2.33. The average molecular weight is 487 g/mol. The van der Waals surface area contributed by atoms with Crippen molar-refractivity contribution in [2.24, 2.45) is 0 Å². The molecule has 1 atom stereocenters. The molecule has 2 aromatic heterocycles. The first-order valence-corrected chi connectivity index (χ1v) is 12.8. The summed E-state index contributed by atoms with van der Waals surface area (Å²) in [7, 11) is 0. The number of hydrogen-bond acceptors (Lipinski definition) is 7. The number of ether oxygens (including phenoxy) is 1. The quantitative estimate of drug-likeness (QED) is 0.511. The Labute approximate surface area is 210 Å². The Morgan fingerprint density at radius 2 is 1.97 bits per heavy atom. The summed E-state index contributed by atoms with van der Waals surface area (Å²) >= 11 is 0. The van der Waals surface area contributed by atoms with Crippen LogP contribution in [0.1, 0.15) is 51.5 Å². The van der Waals surface area contributed by atoms with Gasteiger partial charge in [0.25, 0.3) is 0 Å². The Morgan fingerprint density at radius 1 is 1.08 bits per heavy atom. The lowest BCUT2D eigenvalue weighted by atomic mass is 9.84. The fraction of sp³-hybridized carbons (Fsp3) is 0.444. The van der Waals surface area contributed by atoms with Crippen molar-refractivity contribution >= 4 is 11.9 Å². The summed E-state index contributed by atoms with van der Waals surface area (Å²) in [6.45, 7) is 4.69. The molecular weight excluding hydrogens is 456 g/mol. The third kappa shape index (κ3) is 4.51. The molecule has 0 saturated carbocycles. The van der Waals surface area contributed by atoms with Crippen LogP contribution < -0.4 is 0 Å². The number of hydrogen-bond donors (Lipinski definition) is 0. The lowest BCUT2D eigenvalue weighted by Crippen LogP contribution is -2.50. The first-order valence-electron chi connectivity index (χ1n) is 12.8. The van der Waals surface area contributed by atoms with Crippen LogP contribution in [0.25, 0.3) is 5.82 Å². The summed E-state index contributed by atoms with van der Waals surface area (Å²) < 4.78 is 6.78. The zero-order valence-corrected chi connectivity index (χ0v) is 20.3. The molecule has 186 valence electrons. The zero-order chi connectivity index (χ0) is 24.5. The molecule has 0 spiro atoms. The molecule has 1 amide bonds. The van der Waals surface area contributed by atoms with Gasteiger partial charge in [0.2, 0.25) is 5.91 Å². The molecule has 1 unspecified atom stereocenters. The maximum atomic E-state index is 13.5. The second-order valence-electron chi connectivity index (χ2n) is 9.78. The largest absolute Gasteiger partial charge is 0.462 e. The summed E-state index contributed by atoms with van der Waals surface area (Å²) in [6, 6.07) is 10.1. The van der Waals surface area contributed by atoms with E-state index in [0.29, 0.717) is 12.2 Å². The molecule has 3 aliphatic rings. The third-order valence-corrected chi connectivity index (χ3v) is 7.62. The van der Waals surface area contributed by atoms with E-state index in [2.05, 4.69) is 27.1 Å². The van der Waals surface area contributed by atoms with Crippen molar-refractivity contribution in [3.05, 3.63) is 70.9 Å². The normalized spacial score (nSPS) is 19.9. The molecule has 0 bridgehead atoms. The molecule has 1 fully saturated rings. The summed E-state index contributed by atoms with van der Waals surface area (Å²) in [5.41, 5.74) is 5.11. The third-order valence-electron chi connectivity index (χ3n) is 7.62. The van der Waals surface area contributed by atoms with Gasteiger partial charge in [-0.05, 0) is 54.5 Å². The number of amides is 1. The second kappa shape index (κ2) is 9.81. The maximum absolute atomic E-state index is 13.5. The van der Waals surface area contributed by atoms with Gasteiger partial charge in [0, 0.05) is 44.8 Å². The molecule has 0 radical (unpaired) electrons. The number of cyclic esters (lactones) is 1. The monoisotopic (exact) mass is 486 g/mol. The predicted octanol–water partition coefficient (Wildman–Crippen LogP) is 2.18. The maximum Gasteiger partial charge on any atom is 0.338 e. The van der Waals surface area contributed by atoms with Gasteiger partial charge in [0.1, 0.15) is 12.7 Å². The van der Waals surface area contributed by atoms with Gasteiger partial charge in [-0.2, -0.15) is 5.10 Å². The van der Waals surface area contributed by atoms with Gasteiger partial charge < -0.3 is 9.64 Å². The van der Waals surface area contributed by atoms with Crippen molar-refractivity contribution in [2.75, 3.05) is 39.3 Å². The van der Waals surface area contributed by atoms with Crippen LogP contribution in [0.15, 0.2) is 43.0 Å². The Bertz CT molecular complexity index is 1270. The van der Waals surface area contributed by atoms with E-state index >= 15 is 0 Å². The molecule has 3 aromatic rings. The minimum atomic E-state index is -0.212. The topological polar surface area (TPSA) is 93.5 Å². The summed E-state index contributed by atoms with van der Waals surface area (Å²) in [5, 5.41) is 4.17. The van der Waals surface area contributed by atoms with Crippen LogP contribution in [0.4, 0.5) is 0 Å². The van der Waals surface area contributed by atoms with Crippen molar-refractivity contribution in [1.82, 2.24) is 29.5 Å². The number of pyridine rings is 1. The van der Waals surface area contributed by atoms with Gasteiger partial charge >= 0.3 is 5.97 Å². The smallest absolute Gasteiger partial charge is 0.338 e. The molecule has 6 rings (SSSR count). The van der Waals surface area contributed by atoms with Crippen LogP contribution in [0, 0.1) is 0 Å². The highest BCUT2D eigenvalue weighted by atomic mass is 16.5. The molecule has 9 nitrogen and oxygen atoms in total. The van der Waals surface area contributed by atoms with Gasteiger partial charge in [-0.1, -0.05) is 18.2 Å². The van der Waals surface area contributed by atoms with E-state index in [1.807, 2.05) is 23.1 Å². The molecule has 1 saturated heterocycles. The Balaban J connectivity index is 1.05. The van der Waals surface area contributed by atoms with E-state index < -0.39 is 0 Å². The predicted molar refractivity (Wildman–Crippen MR) is 132 cm³/mol. The summed E-state index contributed by atoms with van der Waals surface area (Å²) in [4.78, 5) is 38.6. The number of carbonyl (C=O) groups is 2. The van der Waals surface area contributed by atoms with E-state index in [4.69, 9.17) is 9.72 Å². The lowest BCUT2D eigenvalue weighted by Gasteiger charge is -2.37. The van der Waals surface area contributed by atoms with Crippen LogP contribution in [0.2, 0.25) is 0 Å². The number of benzene rings is 1. The fourth-order valence-electron chi connectivity index (χ4n) is 5.60. The molecular formula is C27H30N6O3. The van der Waals surface area contributed by atoms with Crippen molar-refractivity contribution in [3.8, 4) is 5.82 Å². The van der Waals surface area contributed by atoms with E-state index in [-0.39, 0.29) is 17.8 Å². The van der Waals surface area contributed by atoms with Crippen LogP contribution in [-0.2, 0) is 28.8 Å². The van der Waals surface area contributed by atoms with Gasteiger partial charge in [-0.3, -0.25) is 9.69 Å². The molecule has 4 heterocycles. The van der Waals surface area contributed by atoms with E-state index in [1.54, 1.807) is 11.0 Å². The number of aromatic nitrogens is 4. The van der Waals surface area contributed by atoms with E-state index in [1.165, 1.54) is 11.9 Å². The van der Waals surface area contributed by atoms with Crippen molar-refractivity contribution in [2.45, 2.75) is 38.0 Å². The van der Waals surface area contributed by atoms with Crippen molar-refractivity contribution in [3.63, 3.8) is 0 Å². The highest BCUT2D eigenvalue weighted by Gasteiger charge is 2.32. The van der Waals surface area contributed by atoms with Crippen molar-refractivity contribution < 1.29 is 14.3 Å². The number of carbonyl (C=O) groups excluding carboxylic acids is 2. The van der Waals surface area contributed by atoms with E-state index in [0.717, 1.165) is 87.5 Å². The highest BCUT2D eigenvalue weighted by molar-refractivity contribution is 5.92. The second-order valence-corrected chi connectivity index (χ2v) is 9.78. The number of rotatable bonds is 5. The Kier molecular flexibility index (Phi) is 6.23. The van der Waals surface area contributed by atoms with Gasteiger partial charge in [0.05, 0.1) is 18.1 Å². The van der Waals surface area contributed by atoms with Crippen LogP contribution in [0.3, 0.4) is 0 Å². The number of nitrogens with zero attached hydrogens (tertiary/aromatic N) is 6. The number of fused-ring (bicyclic) bond motifs is 2. The number of aryl methyl sites for hydroxylation is 1. The van der Waals surface area contributed by atoms with Gasteiger partial charge in [-0.25, -0.2) is 19.4 Å². The van der Waals surface area contributed by atoms with Gasteiger partial charge in [-0.15, -0.1) is 0 Å². The Morgan fingerprint density at radius 3 is 2.81 bits per heavy atom. The van der Waals surface area contributed by atoms with Crippen LogP contribution in [-0.4, -0.2) is 80.8 Å². The standard InChI is InChI=1S/C27H30N6O3/c34-26(23-2-1-3-24-22(23)6-7-25(30-24)33-18-28-17-29-33)32-13-11-31(12-14-32)10-8-19-4-5-21-20(16-19)9-15-36-27(21)35/h4-7,16-18,23H,1-3,8-15H2. The van der Waals surface area contributed by atoms with Crippen molar-refractivity contribution in [1.29, 1.82) is 0 Å². The zero-order valence-electron chi connectivity index (χ0n) is 20.3. The first kappa shape index (κ1) is 22.8. The minimum absolute atomic E-state index is 0.111. The average Bonchev–Trinajstić information content (AvgIpc) is 3.46. The Hall–Kier alpha value is -3.59. The molecule has 9 heteroatoms. The lowest BCUT2D eigenvalue weighted by molar-refractivity contribution is -0.135. The SMILES string of the molecule is O=C1OCCc2cc(CCN3CCN(C(=O)C4CCCc5nc(-n6cncn6)ccc54)CC3)ccc21. The van der Waals surface area contributed by atoms with Crippen LogP contribution in [0.5, 0.6) is 0 Å². The molecule has 0 N–H and O–H groups in total. The molecule has 36 heavy (non-hydrogen) atoms. The summed E-state index contributed by atoms with van der Waals surface area (Å²) in [6.07, 6.45) is 7.60. The molecule has 1 aliphatic carbocycles. The first-order chi connectivity index (χ1) is 17.7. The van der Waals surface area contributed by atoms with E-state index in [9.17, 15) is 9.59 Å². The van der Waals surface area contributed by atoms with Gasteiger partial charge in [0.15, 0.2) is 5.82 Å². The molecule has 1 aromatic carbocycles. The summed E-state index contributed by atoms with van der Waals surface area (Å²) in [5.74, 6) is 0.648. The number of piperazine rings is 1. The fourth-order valence-corrected chi connectivity index (χ4v) is 5.60. The minimum Gasteiger partial charge on any atom is -0.462 e. The molecule has 2 aliphatic heterocycles.